The molecule has 0 fully saturated rings. The second kappa shape index (κ2) is 5.47. The average Bonchev–Trinajstić information content (AvgIpc) is 3.26. The van der Waals surface area contributed by atoms with Gasteiger partial charge in [0.1, 0.15) is 6.10 Å². The van der Waals surface area contributed by atoms with Crippen molar-refractivity contribution < 1.29 is 15.0 Å². The smallest absolute Gasteiger partial charge is 0.275 e. The van der Waals surface area contributed by atoms with E-state index in [0.717, 1.165) is 36.2 Å². The van der Waals surface area contributed by atoms with Crippen LogP contribution >= 0.6 is 0 Å². The highest BCUT2D eigenvalue weighted by Gasteiger charge is 2.29. The van der Waals surface area contributed by atoms with Crippen LogP contribution < -0.4 is 0 Å². The topological polar surface area (TPSA) is 107 Å². The Morgan fingerprint density at radius 1 is 1.39 bits per heavy atom. The van der Waals surface area contributed by atoms with Gasteiger partial charge in [-0.15, -0.1) is 0 Å². The first kappa shape index (κ1) is 14.4. The minimum absolute atomic E-state index is 0.0545. The van der Waals surface area contributed by atoms with E-state index in [4.69, 9.17) is 5.11 Å². The van der Waals surface area contributed by atoms with Gasteiger partial charge < -0.3 is 15.1 Å². The van der Waals surface area contributed by atoms with E-state index in [2.05, 4.69) is 15.3 Å². The summed E-state index contributed by atoms with van der Waals surface area (Å²) < 4.78 is 1.78. The molecule has 0 spiro atoms. The Labute approximate surface area is 132 Å². The van der Waals surface area contributed by atoms with Crippen molar-refractivity contribution in [2.75, 3.05) is 13.2 Å². The highest BCUT2D eigenvalue weighted by atomic mass is 16.3. The summed E-state index contributed by atoms with van der Waals surface area (Å²) in [6.07, 6.45) is 1.96. The molecule has 1 atom stereocenters. The summed E-state index contributed by atoms with van der Waals surface area (Å²) in [6.45, 7) is 1.21. The maximum Gasteiger partial charge on any atom is 0.275 e. The normalized spacial score (nSPS) is 17.9. The predicted octanol–water partition coefficient (Wildman–Crippen LogP) is -0.223. The number of hydrogen-bond donors (Lipinski definition) is 3. The summed E-state index contributed by atoms with van der Waals surface area (Å²) in [5.74, 6) is -0.0545. The van der Waals surface area contributed by atoms with Gasteiger partial charge in [-0.1, -0.05) is 0 Å². The van der Waals surface area contributed by atoms with Gasteiger partial charge in [-0.05, 0) is 25.3 Å². The van der Waals surface area contributed by atoms with Crippen LogP contribution in [-0.4, -0.2) is 54.1 Å². The molecule has 1 aliphatic carbocycles. The highest BCUT2D eigenvalue weighted by molar-refractivity contribution is 5.94. The van der Waals surface area contributed by atoms with Crippen LogP contribution in [0.25, 0.3) is 0 Å². The molecule has 0 aromatic carbocycles. The van der Waals surface area contributed by atoms with Gasteiger partial charge in [-0.2, -0.15) is 10.2 Å². The third kappa shape index (κ3) is 2.34. The number of aliphatic hydroxyl groups is 2. The number of aromatic amines is 1. The maximum atomic E-state index is 12.8. The molecule has 0 saturated carbocycles. The molecule has 2 aromatic rings. The quantitative estimate of drug-likeness (QED) is 0.725. The van der Waals surface area contributed by atoms with E-state index >= 15 is 0 Å². The maximum absolute atomic E-state index is 12.8. The number of aliphatic hydroxyl groups excluding tert-OH is 2. The molecule has 8 nitrogen and oxygen atoms in total. The molecular formula is C15H19N5O3. The third-order valence-corrected chi connectivity index (χ3v) is 4.63. The number of H-pyrrole nitrogens is 1. The van der Waals surface area contributed by atoms with E-state index in [0.29, 0.717) is 31.0 Å². The second-order valence-corrected chi connectivity index (χ2v) is 6.09. The number of nitrogens with zero attached hydrogens (tertiary/aromatic N) is 4. The summed E-state index contributed by atoms with van der Waals surface area (Å²) in [5.41, 5.74) is 3.99. The Kier molecular flexibility index (Phi) is 3.42. The second-order valence-electron chi connectivity index (χ2n) is 6.09. The van der Waals surface area contributed by atoms with E-state index in [1.54, 1.807) is 15.6 Å². The van der Waals surface area contributed by atoms with Crippen LogP contribution in [-0.2, 0) is 25.9 Å². The lowest BCUT2D eigenvalue weighted by Gasteiger charge is -2.27. The zero-order valence-electron chi connectivity index (χ0n) is 12.7. The minimum Gasteiger partial charge on any atom is -0.393 e. The van der Waals surface area contributed by atoms with Crippen molar-refractivity contribution in [2.24, 2.45) is 0 Å². The number of rotatable bonds is 3. The van der Waals surface area contributed by atoms with Gasteiger partial charge in [0.05, 0.1) is 31.1 Å². The fourth-order valence-corrected chi connectivity index (χ4v) is 3.36. The molecular weight excluding hydrogens is 298 g/mol. The van der Waals surface area contributed by atoms with E-state index < -0.39 is 6.10 Å². The largest absolute Gasteiger partial charge is 0.393 e. The Hall–Kier alpha value is -2.19. The Bertz CT molecular complexity index is 750. The number of nitrogens with one attached hydrogen (secondary N) is 1. The SMILES string of the molecule is O=C(c1n[nH]c2c1CCC2)N1CCn2nc([C@@H](O)CO)cc2C1. The van der Waals surface area contributed by atoms with Crippen molar-refractivity contribution in [1.29, 1.82) is 0 Å². The highest BCUT2D eigenvalue weighted by Crippen LogP contribution is 2.25. The molecule has 0 bridgehead atoms. The Balaban J connectivity index is 1.55. The molecule has 0 unspecified atom stereocenters. The van der Waals surface area contributed by atoms with Crippen molar-refractivity contribution in [2.45, 2.75) is 38.5 Å². The predicted molar refractivity (Wildman–Crippen MR) is 79.6 cm³/mol. The summed E-state index contributed by atoms with van der Waals surface area (Å²) in [4.78, 5) is 14.5. The van der Waals surface area contributed by atoms with E-state index in [1.807, 2.05) is 0 Å². The van der Waals surface area contributed by atoms with Crippen molar-refractivity contribution in [3.63, 3.8) is 0 Å². The van der Waals surface area contributed by atoms with Gasteiger partial charge in [-0.25, -0.2) is 0 Å². The van der Waals surface area contributed by atoms with Crippen LogP contribution in [0.4, 0.5) is 0 Å². The molecule has 0 saturated heterocycles. The Morgan fingerprint density at radius 3 is 3.09 bits per heavy atom. The lowest BCUT2D eigenvalue weighted by molar-refractivity contribution is 0.0697. The molecule has 23 heavy (non-hydrogen) atoms. The lowest BCUT2D eigenvalue weighted by Crippen LogP contribution is -2.38. The van der Waals surface area contributed by atoms with Crippen LogP contribution in [0.5, 0.6) is 0 Å². The van der Waals surface area contributed by atoms with E-state index in [9.17, 15) is 9.90 Å². The fraction of sp³-hybridized carbons (Fsp3) is 0.533. The molecule has 8 heteroatoms. The van der Waals surface area contributed by atoms with Crippen LogP contribution in [0.15, 0.2) is 6.07 Å². The van der Waals surface area contributed by atoms with Gasteiger partial charge >= 0.3 is 0 Å². The van der Waals surface area contributed by atoms with Crippen LogP contribution in [0.3, 0.4) is 0 Å². The number of aromatic nitrogens is 4. The zero-order chi connectivity index (χ0) is 16.0. The zero-order valence-corrected chi connectivity index (χ0v) is 12.7. The number of hydrogen-bond acceptors (Lipinski definition) is 5. The summed E-state index contributed by atoms with van der Waals surface area (Å²) >= 11 is 0. The number of carbonyl (C=O) groups excluding carboxylic acids is 1. The Morgan fingerprint density at radius 2 is 2.26 bits per heavy atom. The van der Waals surface area contributed by atoms with Crippen LogP contribution in [0.1, 0.15) is 45.7 Å². The molecule has 1 aliphatic heterocycles. The molecule has 3 N–H and O–H groups in total. The van der Waals surface area contributed by atoms with Gasteiger partial charge in [0.15, 0.2) is 5.69 Å². The number of fused-ring (bicyclic) bond motifs is 2. The summed E-state index contributed by atoms with van der Waals surface area (Å²) in [7, 11) is 0. The number of aryl methyl sites for hydroxylation is 1. The standard InChI is InChI=1S/C15H19N5O3/c21-8-13(22)12-6-9-7-19(4-5-20(9)18-12)15(23)14-10-2-1-3-11(10)16-17-14/h6,13,21-22H,1-5,7-8H2,(H,16,17)/t13-/m0/s1. The third-order valence-electron chi connectivity index (χ3n) is 4.63. The van der Waals surface area contributed by atoms with Crippen molar-refractivity contribution >= 4 is 5.91 Å². The first-order valence-corrected chi connectivity index (χ1v) is 7.88. The van der Waals surface area contributed by atoms with E-state index in [-0.39, 0.29) is 12.5 Å². The van der Waals surface area contributed by atoms with Crippen molar-refractivity contribution in [1.82, 2.24) is 24.9 Å². The van der Waals surface area contributed by atoms with Crippen LogP contribution in [0, 0.1) is 0 Å². The molecule has 2 aliphatic rings. The number of carbonyl (C=O) groups is 1. The van der Waals surface area contributed by atoms with Gasteiger partial charge in [0.25, 0.3) is 5.91 Å². The van der Waals surface area contributed by atoms with E-state index in [1.165, 1.54) is 0 Å². The molecule has 4 rings (SSSR count). The molecule has 3 heterocycles. The number of amides is 1. The first-order chi connectivity index (χ1) is 11.2. The molecule has 122 valence electrons. The summed E-state index contributed by atoms with van der Waals surface area (Å²) in [5, 5.41) is 30.2. The average molecular weight is 317 g/mol. The lowest BCUT2D eigenvalue weighted by atomic mass is 10.1. The molecule has 0 radical (unpaired) electrons. The molecule has 1 amide bonds. The van der Waals surface area contributed by atoms with Crippen molar-refractivity contribution in [3.8, 4) is 0 Å². The summed E-state index contributed by atoms with van der Waals surface area (Å²) in [6, 6.07) is 1.75. The first-order valence-electron chi connectivity index (χ1n) is 7.88. The fourth-order valence-electron chi connectivity index (χ4n) is 3.36. The monoisotopic (exact) mass is 317 g/mol. The van der Waals surface area contributed by atoms with Gasteiger partial charge in [-0.3, -0.25) is 14.6 Å². The molecule has 2 aromatic heterocycles. The van der Waals surface area contributed by atoms with Gasteiger partial charge in [0.2, 0.25) is 0 Å². The van der Waals surface area contributed by atoms with Gasteiger partial charge in [0, 0.05) is 17.8 Å². The van der Waals surface area contributed by atoms with Crippen molar-refractivity contribution in [3.05, 3.63) is 34.4 Å². The minimum atomic E-state index is -0.980. The van der Waals surface area contributed by atoms with Crippen LogP contribution in [0.2, 0.25) is 0 Å².